The standard InChI is InChI=1S/C16H17FN2O2/c1-12-5-2-8-15(20)19(12)10-4-9-18-16(21)13-6-3-7-14(17)11-13/h2-3,5-8,11H,4,9-10H2,1H3,(H,18,21). The van der Waals surface area contributed by atoms with Gasteiger partial charge in [0.2, 0.25) is 0 Å². The zero-order chi connectivity index (χ0) is 15.2. The van der Waals surface area contributed by atoms with E-state index >= 15 is 0 Å². The normalized spacial score (nSPS) is 10.4. The van der Waals surface area contributed by atoms with Crippen molar-refractivity contribution in [3.8, 4) is 0 Å². The van der Waals surface area contributed by atoms with E-state index in [9.17, 15) is 14.0 Å². The van der Waals surface area contributed by atoms with Crippen LogP contribution in [0, 0.1) is 12.7 Å². The molecule has 1 heterocycles. The quantitative estimate of drug-likeness (QED) is 0.857. The molecule has 1 aromatic heterocycles. The second-order valence-corrected chi connectivity index (χ2v) is 4.78. The van der Waals surface area contributed by atoms with Crippen molar-refractivity contribution >= 4 is 5.91 Å². The number of pyridine rings is 1. The van der Waals surface area contributed by atoms with Crippen LogP contribution in [0.5, 0.6) is 0 Å². The smallest absolute Gasteiger partial charge is 0.251 e. The van der Waals surface area contributed by atoms with Gasteiger partial charge in [-0.2, -0.15) is 0 Å². The van der Waals surface area contributed by atoms with Gasteiger partial charge in [0.05, 0.1) is 0 Å². The first-order valence-corrected chi connectivity index (χ1v) is 6.78. The van der Waals surface area contributed by atoms with Gasteiger partial charge in [0.25, 0.3) is 11.5 Å². The van der Waals surface area contributed by atoms with Gasteiger partial charge >= 0.3 is 0 Å². The minimum Gasteiger partial charge on any atom is -0.352 e. The molecule has 0 aliphatic rings. The van der Waals surface area contributed by atoms with Gasteiger partial charge in [-0.05, 0) is 37.6 Å². The van der Waals surface area contributed by atoms with Crippen LogP contribution >= 0.6 is 0 Å². The van der Waals surface area contributed by atoms with Crippen LogP contribution in [0.3, 0.4) is 0 Å². The highest BCUT2D eigenvalue weighted by Gasteiger charge is 2.05. The van der Waals surface area contributed by atoms with E-state index in [1.807, 2.05) is 13.0 Å². The molecule has 5 heteroatoms. The zero-order valence-corrected chi connectivity index (χ0v) is 11.8. The lowest BCUT2D eigenvalue weighted by atomic mass is 10.2. The highest BCUT2D eigenvalue weighted by molar-refractivity contribution is 5.94. The number of halogens is 1. The summed E-state index contributed by atoms with van der Waals surface area (Å²) in [5, 5.41) is 2.71. The molecule has 0 atom stereocenters. The van der Waals surface area contributed by atoms with E-state index < -0.39 is 5.82 Å². The number of aryl methyl sites for hydroxylation is 1. The first kappa shape index (κ1) is 15.0. The van der Waals surface area contributed by atoms with Gasteiger partial charge in [0.15, 0.2) is 0 Å². The molecule has 21 heavy (non-hydrogen) atoms. The number of nitrogens with one attached hydrogen (secondary N) is 1. The summed E-state index contributed by atoms with van der Waals surface area (Å²) in [5.74, 6) is -0.749. The van der Waals surface area contributed by atoms with Gasteiger partial charge in [0.1, 0.15) is 5.82 Å². The number of aromatic nitrogens is 1. The summed E-state index contributed by atoms with van der Waals surface area (Å²) in [4.78, 5) is 23.5. The summed E-state index contributed by atoms with van der Waals surface area (Å²) in [6.45, 7) is 2.83. The predicted molar refractivity (Wildman–Crippen MR) is 78.8 cm³/mol. The summed E-state index contributed by atoms with van der Waals surface area (Å²) < 4.78 is 14.7. The molecule has 2 aromatic rings. The summed E-state index contributed by atoms with van der Waals surface area (Å²) in [6, 6.07) is 10.6. The third-order valence-corrected chi connectivity index (χ3v) is 3.20. The molecule has 4 nitrogen and oxygen atoms in total. The Hall–Kier alpha value is -2.43. The fraction of sp³-hybridized carbons (Fsp3) is 0.250. The molecule has 0 aliphatic carbocycles. The molecular weight excluding hydrogens is 271 g/mol. The van der Waals surface area contributed by atoms with Crippen LogP contribution < -0.4 is 10.9 Å². The Kier molecular flexibility index (Phi) is 4.87. The maximum absolute atomic E-state index is 13.0. The number of hydrogen-bond acceptors (Lipinski definition) is 2. The van der Waals surface area contributed by atoms with Crippen molar-refractivity contribution in [3.63, 3.8) is 0 Å². The van der Waals surface area contributed by atoms with Crippen LogP contribution in [-0.4, -0.2) is 17.0 Å². The van der Waals surface area contributed by atoms with Crippen LogP contribution in [0.1, 0.15) is 22.5 Å². The van der Waals surface area contributed by atoms with E-state index in [-0.39, 0.29) is 11.5 Å². The van der Waals surface area contributed by atoms with Gasteiger partial charge in [-0.25, -0.2) is 4.39 Å². The predicted octanol–water partition coefficient (Wildman–Crippen LogP) is 2.12. The maximum Gasteiger partial charge on any atom is 0.251 e. The highest BCUT2D eigenvalue weighted by Crippen LogP contribution is 2.03. The average molecular weight is 288 g/mol. The molecule has 0 saturated heterocycles. The second kappa shape index (κ2) is 6.83. The van der Waals surface area contributed by atoms with Gasteiger partial charge < -0.3 is 9.88 Å². The molecule has 2 rings (SSSR count). The number of carbonyl (C=O) groups is 1. The van der Waals surface area contributed by atoms with Gasteiger partial charge in [-0.3, -0.25) is 9.59 Å². The third-order valence-electron chi connectivity index (χ3n) is 3.20. The van der Waals surface area contributed by atoms with Crippen molar-refractivity contribution in [1.82, 2.24) is 9.88 Å². The molecule has 0 fully saturated rings. The van der Waals surface area contributed by atoms with E-state index in [1.54, 1.807) is 16.7 Å². The second-order valence-electron chi connectivity index (χ2n) is 4.78. The van der Waals surface area contributed by atoms with Crippen LogP contribution in [0.25, 0.3) is 0 Å². The fourth-order valence-electron chi connectivity index (χ4n) is 2.08. The SMILES string of the molecule is Cc1cccc(=O)n1CCCNC(=O)c1cccc(F)c1. The number of hydrogen-bond donors (Lipinski definition) is 1. The molecule has 1 amide bonds. The van der Waals surface area contributed by atoms with Crippen LogP contribution in [0.2, 0.25) is 0 Å². The number of benzene rings is 1. The van der Waals surface area contributed by atoms with E-state index in [1.165, 1.54) is 24.3 Å². The van der Waals surface area contributed by atoms with E-state index in [2.05, 4.69) is 5.32 Å². The van der Waals surface area contributed by atoms with Crippen LogP contribution in [0.15, 0.2) is 47.3 Å². The molecule has 0 spiro atoms. The number of rotatable bonds is 5. The van der Waals surface area contributed by atoms with Gasteiger partial charge in [-0.1, -0.05) is 12.1 Å². The monoisotopic (exact) mass is 288 g/mol. The average Bonchev–Trinajstić information content (AvgIpc) is 2.45. The Bertz CT molecular complexity index is 695. The number of nitrogens with zero attached hydrogens (tertiary/aromatic N) is 1. The van der Waals surface area contributed by atoms with E-state index in [0.29, 0.717) is 25.1 Å². The van der Waals surface area contributed by atoms with Gasteiger partial charge in [0, 0.05) is 30.4 Å². The summed E-state index contributed by atoms with van der Waals surface area (Å²) >= 11 is 0. The number of amides is 1. The Morgan fingerprint density at radius 2 is 2.00 bits per heavy atom. The largest absolute Gasteiger partial charge is 0.352 e. The van der Waals surface area contributed by atoms with Crippen molar-refractivity contribution in [2.75, 3.05) is 6.54 Å². The fourth-order valence-corrected chi connectivity index (χ4v) is 2.08. The Morgan fingerprint density at radius 1 is 1.24 bits per heavy atom. The van der Waals surface area contributed by atoms with Crippen LogP contribution in [0.4, 0.5) is 4.39 Å². The molecular formula is C16H17FN2O2. The minimum atomic E-state index is -0.436. The molecule has 1 aromatic carbocycles. The zero-order valence-electron chi connectivity index (χ0n) is 11.8. The lowest BCUT2D eigenvalue weighted by Crippen LogP contribution is -2.27. The van der Waals surface area contributed by atoms with Crippen molar-refractivity contribution in [2.45, 2.75) is 19.9 Å². The van der Waals surface area contributed by atoms with Crippen molar-refractivity contribution in [2.24, 2.45) is 0 Å². The van der Waals surface area contributed by atoms with Crippen molar-refractivity contribution in [3.05, 3.63) is 69.9 Å². The summed E-state index contributed by atoms with van der Waals surface area (Å²) in [7, 11) is 0. The van der Waals surface area contributed by atoms with Gasteiger partial charge in [-0.15, -0.1) is 0 Å². The topological polar surface area (TPSA) is 51.1 Å². The molecule has 0 saturated carbocycles. The molecule has 110 valence electrons. The molecule has 0 aliphatic heterocycles. The maximum atomic E-state index is 13.0. The lowest BCUT2D eigenvalue weighted by molar-refractivity contribution is 0.0952. The Balaban J connectivity index is 1.85. The van der Waals surface area contributed by atoms with E-state index in [4.69, 9.17) is 0 Å². The lowest BCUT2D eigenvalue weighted by Gasteiger charge is -2.10. The highest BCUT2D eigenvalue weighted by atomic mass is 19.1. The summed E-state index contributed by atoms with van der Waals surface area (Å²) in [6.07, 6.45) is 0.631. The molecule has 0 radical (unpaired) electrons. The van der Waals surface area contributed by atoms with E-state index in [0.717, 1.165) is 5.69 Å². The van der Waals surface area contributed by atoms with Crippen molar-refractivity contribution in [1.29, 1.82) is 0 Å². The van der Waals surface area contributed by atoms with Crippen LogP contribution in [-0.2, 0) is 6.54 Å². The summed E-state index contributed by atoms with van der Waals surface area (Å²) in [5.41, 5.74) is 1.13. The molecule has 0 unspecified atom stereocenters. The Labute approximate surface area is 122 Å². The molecule has 0 bridgehead atoms. The minimum absolute atomic E-state index is 0.0496. The third kappa shape index (κ3) is 4.02. The Morgan fingerprint density at radius 3 is 2.71 bits per heavy atom. The van der Waals surface area contributed by atoms with Crippen molar-refractivity contribution < 1.29 is 9.18 Å². The molecule has 1 N–H and O–H groups in total. The first-order valence-electron chi connectivity index (χ1n) is 6.78. The first-order chi connectivity index (χ1) is 10.1. The number of carbonyl (C=O) groups excluding carboxylic acids is 1.